The maximum absolute atomic E-state index is 13.8. The predicted molar refractivity (Wildman–Crippen MR) is 143 cm³/mol. The van der Waals surface area contributed by atoms with Crippen LogP contribution >= 0.6 is 0 Å². The molecule has 10 nitrogen and oxygen atoms in total. The highest BCUT2D eigenvalue weighted by Gasteiger charge is 2.32. The third-order valence-electron chi connectivity index (χ3n) is 5.76. The van der Waals surface area contributed by atoms with Crippen LogP contribution in [0.3, 0.4) is 0 Å². The lowest BCUT2D eigenvalue weighted by atomic mass is 10.1. The first-order valence-corrected chi connectivity index (χ1v) is 13.8. The van der Waals surface area contributed by atoms with Crippen molar-refractivity contribution in [1.29, 1.82) is 0 Å². The molecule has 0 radical (unpaired) electrons. The fourth-order valence-corrected chi connectivity index (χ4v) is 4.68. The number of carbonyl (C=O) groups excluding carboxylic acids is 2. The summed E-state index contributed by atoms with van der Waals surface area (Å²) in [6.45, 7) is 3.76. The van der Waals surface area contributed by atoms with Crippen molar-refractivity contribution in [3.8, 4) is 17.2 Å². The van der Waals surface area contributed by atoms with Crippen LogP contribution in [-0.2, 0) is 26.2 Å². The van der Waals surface area contributed by atoms with Gasteiger partial charge in [-0.05, 0) is 42.7 Å². The predicted octanol–water partition coefficient (Wildman–Crippen LogP) is 2.81. The number of hydrogen-bond donors (Lipinski definition) is 1. The number of carbonyl (C=O) groups is 2. The molecule has 2 aromatic carbocycles. The minimum Gasteiger partial charge on any atom is -0.497 e. The number of ether oxygens (including phenoxy) is 3. The molecule has 2 aromatic rings. The van der Waals surface area contributed by atoms with E-state index in [1.807, 2.05) is 19.9 Å². The van der Waals surface area contributed by atoms with Crippen LogP contribution in [0.1, 0.15) is 32.3 Å². The van der Waals surface area contributed by atoms with Crippen LogP contribution in [0.25, 0.3) is 0 Å². The summed E-state index contributed by atoms with van der Waals surface area (Å²) < 4.78 is 42.6. The molecular weight excluding hydrogens is 498 g/mol. The van der Waals surface area contributed by atoms with Crippen LogP contribution in [0.15, 0.2) is 42.5 Å². The number of nitrogens with zero attached hydrogens (tertiary/aromatic N) is 2. The molecule has 2 rings (SSSR count). The average molecular weight is 536 g/mol. The largest absolute Gasteiger partial charge is 0.497 e. The van der Waals surface area contributed by atoms with E-state index in [1.54, 1.807) is 37.4 Å². The molecule has 1 N–H and O–H groups in total. The molecule has 0 heterocycles. The van der Waals surface area contributed by atoms with Crippen molar-refractivity contribution in [2.75, 3.05) is 45.0 Å². The van der Waals surface area contributed by atoms with Crippen LogP contribution < -0.4 is 23.8 Å². The maximum Gasteiger partial charge on any atom is 0.244 e. The Bertz CT molecular complexity index is 1170. The zero-order valence-electron chi connectivity index (χ0n) is 22.3. The van der Waals surface area contributed by atoms with Gasteiger partial charge in [-0.15, -0.1) is 0 Å². The molecule has 0 aromatic heterocycles. The summed E-state index contributed by atoms with van der Waals surface area (Å²) in [4.78, 5) is 28.2. The Hall–Kier alpha value is -3.47. The number of hydrogen-bond acceptors (Lipinski definition) is 7. The second-order valence-corrected chi connectivity index (χ2v) is 10.3. The first-order valence-electron chi connectivity index (χ1n) is 12.0. The van der Waals surface area contributed by atoms with Crippen LogP contribution in [-0.4, -0.2) is 71.8 Å². The van der Waals surface area contributed by atoms with Crippen LogP contribution in [0.4, 0.5) is 5.69 Å². The summed E-state index contributed by atoms with van der Waals surface area (Å²) in [5, 5.41) is 2.85. The zero-order valence-corrected chi connectivity index (χ0v) is 23.1. The molecule has 37 heavy (non-hydrogen) atoms. The summed E-state index contributed by atoms with van der Waals surface area (Å²) >= 11 is 0. The lowest BCUT2D eigenvalue weighted by molar-refractivity contribution is -0.140. The molecule has 0 aliphatic rings. The Morgan fingerprint density at radius 3 is 2.22 bits per heavy atom. The van der Waals surface area contributed by atoms with E-state index in [0.29, 0.717) is 24.5 Å². The Morgan fingerprint density at radius 2 is 1.65 bits per heavy atom. The molecule has 204 valence electrons. The number of anilines is 1. The zero-order chi connectivity index (χ0) is 27.6. The molecule has 0 aliphatic heterocycles. The van der Waals surface area contributed by atoms with Crippen molar-refractivity contribution in [2.24, 2.45) is 0 Å². The molecular formula is C26H37N3O7S. The first kappa shape index (κ1) is 29.8. The average Bonchev–Trinajstić information content (AvgIpc) is 2.89. The maximum atomic E-state index is 13.8. The van der Waals surface area contributed by atoms with Gasteiger partial charge in [0.15, 0.2) is 0 Å². The van der Waals surface area contributed by atoms with E-state index >= 15 is 0 Å². The van der Waals surface area contributed by atoms with E-state index in [0.717, 1.165) is 22.5 Å². The second-order valence-electron chi connectivity index (χ2n) is 8.40. The van der Waals surface area contributed by atoms with Gasteiger partial charge >= 0.3 is 0 Å². The molecule has 0 spiro atoms. The minimum atomic E-state index is -3.92. The topological polar surface area (TPSA) is 114 Å². The van der Waals surface area contributed by atoms with Gasteiger partial charge in [-0.2, -0.15) is 0 Å². The lowest BCUT2D eigenvalue weighted by Crippen LogP contribution is -2.52. The van der Waals surface area contributed by atoms with Gasteiger partial charge in [0, 0.05) is 19.2 Å². The third-order valence-corrected chi connectivity index (χ3v) is 6.88. The quantitative estimate of drug-likeness (QED) is 0.396. The van der Waals surface area contributed by atoms with Crippen molar-refractivity contribution in [3.05, 3.63) is 48.0 Å². The van der Waals surface area contributed by atoms with Crippen LogP contribution in [0.5, 0.6) is 17.2 Å². The Morgan fingerprint density at radius 1 is 0.973 bits per heavy atom. The fourth-order valence-electron chi connectivity index (χ4n) is 3.84. The highest BCUT2D eigenvalue weighted by Crippen LogP contribution is 2.34. The van der Waals surface area contributed by atoms with Gasteiger partial charge in [-0.3, -0.25) is 13.9 Å². The number of nitrogens with one attached hydrogen (secondary N) is 1. The molecule has 0 fully saturated rings. The lowest BCUT2D eigenvalue weighted by Gasteiger charge is -2.33. The van der Waals surface area contributed by atoms with Crippen molar-refractivity contribution in [3.63, 3.8) is 0 Å². The fraction of sp³-hybridized carbons (Fsp3) is 0.462. The Kier molecular flexibility index (Phi) is 11.0. The standard InChI is InChI=1S/C26H37N3O7S/c1-7-14-27-26(31)22(8-2)28(17-19-10-9-11-20(15-19)34-3)25(30)18-29(37(6,32)33)23-16-21(35-4)12-13-24(23)36-5/h9-13,15-16,22H,7-8,14,17-18H2,1-6H3,(H,27,31)/t22-/m1/s1. The third kappa shape index (κ3) is 8.01. The van der Waals surface area contributed by atoms with Crippen molar-refractivity contribution in [2.45, 2.75) is 39.3 Å². The summed E-state index contributed by atoms with van der Waals surface area (Å²) in [5.41, 5.74) is 0.891. The second kappa shape index (κ2) is 13.7. The van der Waals surface area contributed by atoms with Gasteiger partial charge in [0.1, 0.15) is 29.8 Å². The molecule has 0 bridgehead atoms. The van der Waals surface area contributed by atoms with Crippen molar-refractivity contribution < 1.29 is 32.2 Å². The summed E-state index contributed by atoms with van der Waals surface area (Å²) in [6.07, 6.45) is 2.09. The minimum absolute atomic E-state index is 0.0843. The first-order chi connectivity index (χ1) is 17.6. The van der Waals surface area contributed by atoms with Crippen LogP contribution in [0, 0.1) is 0 Å². The van der Waals surface area contributed by atoms with E-state index in [1.165, 1.54) is 25.2 Å². The van der Waals surface area contributed by atoms with Gasteiger partial charge in [0.25, 0.3) is 0 Å². The number of methoxy groups -OCH3 is 3. The van der Waals surface area contributed by atoms with Gasteiger partial charge < -0.3 is 24.4 Å². The highest BCUT2D eigenvalue weighted by molar-refractivity contribution is 7.92. The summed E-state index contributed by atoms with van der Waals surface area (Å²) in [7, 11) is 0.485. The molecule has 0 aliphatic carbocycles. The Balaban J connectivity index is 2.53. The number of rotatable bonds is 14. The smallest absolute Gasteiger partial charge is 0.244 e. The van der Waals surface area contributed by atoms with Gasteiger partial charge in [-0.1, -0.05) is 26.0 Å². The molecule has 11 heteroatoms. The molecule has 2 amide bonds. The SMILES string of the molecule is CCCNC(=O)[C@@H](CC)N(Cc1cccc(OC)c1)C(=O)CN(c1cc(OC)ccc1OC)S(C)(=O)=O. The van der Waals surface area contributed by atoms with E-state index in [2.05, 4.69) is 5.32 Å². The van der Waals surface area contributed by atoms with Crippen molar-refractivity contribution in [1.82, 2.24) is 10.2 Å². The van der Waals surface area contributed by atoms with E-state index < -0.39 is 28.5 Å². The van der Waals surface area contributed by atoms with Crippen LogP contribution in [0.2, 0.25) is 0 Å². The Labute approximate surface area is 219 Å². The highest BCUT2D eigenvalue weighted by atomic mass is 32.2. The summed E-state index contributed by atoms with van der Waals surface area (Å²) in [6, 6.07) is 11.0. The molecule has 0 saturated heterocycles. The molecule has 0 saturated carbocycles. The normalized spacial score (nSPS) is 11.8. The molecule has 0 unspecified atom stereocenters. The van der Waals surface area contributed by atoms with E-state index in [-0.39, 0.29) is 23.9 Å². The summed E-state index contributed by atoms with van der Waals surface area (Å²) in [5.74, 6) is 0.413. The number of benzene rings is 2. The number of sulfonamides is 1. The monoisotopic (exact) mass is 535 g/mol. The number of amides is 2. The molecule has 1 atom stereocenters. The van der Waals surface area contributed by atoms with Gasteiger partial charge in [0.2, 0.25) is 21.8 Å². The van der Waals surface area contributed by atoms with Gasteiger partial charge in [-0.25, -0.2) is 8.42 Å². The van der Waals surface area contributed by atoms with Crippen molar-refractivity contribution >= 4 is 27.5 Å². The van der Waals surface area contributed by atoms with E-state index in [4.69, 9.17) is 14.2 Å². The van der Waals surface area contributed by atoms with E-state index in [9.17, 15) is 18.0 Å². The van der Waals surface area contributed by atoms with Gasteiger partial charge in [0.05, 0.1) is 33.3 Å².